The predicted molar refractivity (Wildman–Crippen MR) is 84.3 cm³/mol. The van der Waals surface area contributed by atoms with E-state index in [-0.39, 0.29) is 11.7 Å². The average Bonchev–Trinajstić information content (AvgIpc) is 2.44. The van der Waals surface area contributed by atoms with Gasteiger partial charge in [0, 0.05) is 29.4 Å². The molecule has 0 aromatic heterocycles. The Labute approximate surface area is 128 Å². The lowest BCUT2D eigenvalue weighted by Crippen LogP contribution is -2.16. The van der Waals surface area contributed by atoms with Gasteiger partial charge >= 0.3 is 0 Å². The summed E-state index contributed by atoms with van der Waals surface area (Å²) in [6.07, 6.45) is 0.319. The summed E-state index contributed by atoms with van der Waals surface area (Å²) in [5, 5.41) is 6.54. The van der Waals surface area contributed by atoms with E-state index in [0.29, 0.717) is 18.0 Å². The van der Waals surface area contributed by atoms with Crippen molar-refractivity contribution >= 4 is 28.9 Å². The molecule has 0 saturated carbocycles. The lowest BCUT2D eigenvalue weighted by molar-refractivity contribution is -0.115. The average molecular weight is 307 g/mol. The second kappa shape index (κ2) is 7.09. The van der Waals surface area contributed by atoms with Gasteiger partial charge in [-0.05, 0) is 55.0 Å². The van der Waals surface area contributed by atoms with Crippen LogP contribution in [0.5, 0.6) is 0 Å². The van der Waals surface area contributed by atoms with Crippen LogP contribution in [0, 0.1) is 12.7 Å². The number of nitrogens with one attached hydrogen (secondary N) is 2. The molecule has 21 heavy (non-hydrogen) atoms. The Morgan fingerprint density at radius 2 is 1.90 bits per heavy atom. The minimum absolute atomic E-state index is 0.0879. The predicted octanol–water partition coefficient (Wildman–Crippen LogP) is 4.23. The van der Waals surface area contributed by atoms with Gasteiger partial charge in [-0.3, -0.25) is 4.79 Å². The Morgan fingerprint density at radius 3 is 2.57 bits per heavy atom. The molecule has 2 rings (SSSR count). The van der Waals surface area contributed by atoms with Crippen LogP contribution in [0.3, 0.4) is 0 Å². The maximum absolute atomic E-state index is 12.7. The van der Waals surface area contributed by atoms with E-state index in [2.05, 4.69) is 10.6 Å². The van der Waals surface area contributed by atoms with Crippen LogP contribution in [0.2, 0.25) is 5.02 Å². The highest BCUT2D eigenvalue weighted by molar-refractivity contribution is 6.30. The fraction of sp³-hybridized carbons (Fsp3) is 0.188. The zero-order chi connectivity index (χ0) is 15.2. The van der Waals surface area contributed by atoms with E-state index in [1.165, 1.54) is 12.1 Å². The summed E-state index contributed by atoms with van der Waals surface area (Å²) in [7, 11) is 0. The third-order valence-electron chi connectivity index (χ3n) is 2.99. The summed E-state index contributed by atoms with van der Waals surface area (Å²) >= 11 is 5.87. The minimum atomic E-state index is -0.281. The molecule has 0 bridgehead atoms. The summed E-state index contributed by atoms with van der Waals surface area (Å²) in [6, 6.07) is 11.3. The first-order valence-corrected chi connectivity index (χ1v) is 6.98. The Balaban J connectivity index is 1.81. The fourth-order valence-corrected chi connectivity index (χ4v) is 2.09. The number of benzene rings is 2. The standard InChI is InChI=1S/C16H16ClFN2O/c1-11-10-12(17)2-7-15(11)20-16(21)8-9-19-14-5-3-13(18)4-6-14/h2-7,10,19H,8-9H2,1H3,(H,20,21). The molecule has 3 nitrogen and oxygen atoms in total. The largest absolute Gasteiger partial charge is 0.385 e. The Bertz CT molecular complexity index is 629. The van der Waals surface area contributed by atoms with Gasteiger partial charge in [0.1, 0.15) is 5.82 Å². The van der Waals surface area contributed by atoms with Gasteiger partial charge < -0.3 is 10.6 Å². The lowest BCUT2D eigenvalue weighted by atomic mass is 10.2. The highest BCUT2D eigenvalue weighted by atomic mass is 35.5. The third kappa shape index (κ3) is 4.76. The molecule has 110 valence electrons. The van der Waals surface area contributed by atoms with Crippen LogP contribution >= 0.6 is 11.6 Å². The van der Waals surface area contributed by atoms with Gasteiger partial charge in [0.05, 0.1) is 0 Å². The molecule has 1 amide bonds. The quantitative estimate of drug-likeness (QED) is 0.868. The Hall–Kier alpha value is -2.07. The number of carbonyl (C=O) groups excluding carboxylic acids is 1. The number of carbonyl (C=O) groups is 1. The van der Waals surface area contributed by atoms with Crippen LogP contribution in [-0.4, -0.2) is 12.5 Å². The molecule has 0 spiro atoms. The molecule has 0 unspecified atom stereocenters. The van der Waals surface area contributed by atoms with Crippen LogP contribution in [0.1, 0.15) is 12.0 Å². The molecule has 0 atom stereocenters. The summed E-state index contributed by atoms with van der Waals surface area (Å²) in [6.45, 7) is 2.36. The van der Waals surface area contributed by atoms with Gasteiger partial charge in [-0.25, -0.2) is 4.39 Å². The molecule has 0 heterocycles. The molecule has 2 aromatic rings. The second-order valence-corrected chi connectivity index (χ2v) is 5.13. The van der Waals surface area contributed by atoms with Crippen molar-refractivity contribution in [2.45, 2.75) is 13.3 Å². The molecule has 5 heteroatoms. The van der Waals surface area contributed by atoms with E-state index < -0.39 is 0 Å². The van der Waals surface area contributed by atoms with Gasteiger partial charge in [-0.15, -0.1) is 0 Å². The lowest BCUT2D eigenvalue weighted by Gasteiger charge is -2.09. The molecule has 0 aliphatic heterocycles. The first-order chi connectivity index (χ1) is 10.0. The Kier molecular flexibility index (Phi) is 5.17. The maximum atomic E-state index is 12.7. The van der Waals surface area contributed by atoms with Crippen LogP contribution < -0.4 is 10.6 Å². The van der Waals surface area contributed by atoms with Crippen molar-refractivity contribution in [3.8, 4) is 0 Å². The molecule has 0 aliphatic rings. The van der Waals surface area contributed by atoms with Crippen molar-refractivity contribution < 1.29 is 9.18 Å². The molecule has 0 saturated heterocycles. The normalized spacial score (nSPS) is 10.2. The minimum Gasteiger partial charge on any atom is -0.385 e. The first kappa shape index (κ1) is 15.3. The zero-order valence-corrected chi connectivity index (χ0v) is 12.4. The van der Waals surface area contributed by atoms with Gasteiger partial charge in [0.15, 0.2) is 0 Å². The SMILES string of the molecule is Cc1cc(Cl)ccc1NC(=O)CCNc1ccc(F)cc1. The molecule has 2 N–H and O–H groups in total. The van der Waals surface area contributed by atoms with Gasteiger partial charge in [-0.2, -0.15) is 0 Å². The van der Waals surface area contributed by atoms with Crippen molar-refractivity contribution in [2.24, 2.45) is 0 Å². The van der Waals surface area contributed by atoms with Crippen molar-refractivity contribution in [3.05, 3.63) is 58.9 Å². The van der Waals surface area contributed by atoms with E-state index in [0.717, 1.165) is 16.9 Å². The van der Waals surface area contributed by atoms with Crippen molar-refractivity contribution in [3.63, 3.8) is 0 Å². The molecule has 0 radical (unpaired) electrons. The molecule has 2 aromatic carbocycles. The molecule has 0 fully saturated rings. The van der Waals surface area contributed by atoms with E-state index in [4.69, 9.17) is 11.6 Å². The number of rotatable bonds is 5. The summed E-state index contributed by atoms with van der Waals surface area (Å²) in [5.41, 5.74) is 2.46. The Morgan fingerprint density at radius 1 is 1.19 bits per heavy atom. The number of aryl methyl sites for hydroxylation is 1. The van der Waals surface area contributed by atoms with Crippen LogP contribution in [0.4, 0.5) is 15.8 Å². The summed E-state index contributed by atoms with van der Waals surface area (Å²) in [4.78, 5) is 11.8. The first-order valence-electron chi connectivity index (χ1n) is 6.60. The number of hydrogen-bond acceptors (Lipinski definition) is 2. The highest BCUT2D eigenvalue weighted by Gasteiger charge is 2.05. The van der Waals surface area contributed by atoms with Gasteiger partial charge in [0.25, 0.3) is 0 Å². The zero-order valence-electron chi connectivity index (χ0n) is 11.6. The number of halogens is 2. The number of hydrogen-bond donors (Lipinski definition) is 2. The van der Waals surface area contributed by atoms with Crippen LogP contribution in [0.25, 0.3) is 0 Å². The van der Waals surface area contributed by atoms with Crippen molar-refractivity contribution in [1.29, 1.82) is 0 Å². The number of anilines is 2. The van der Waals surface area contributed by atoms with Crippen LogP contribution in [0.15, 0.2) is 42.5 Å². The van der Waals surface area contributed by atoms with Crippen LogP contribution in [-0.2, 0) is 4.79 Å². The molecular weight excluding hydrogens is 291 g/mol. The molecular formula is C16H16ClFN2O. The van der Waals surface area contributed by atoms with E-state index >= 15 is 0 Å². The van der Waals surface area contributed by atoms with Crippen molar-refractivity contribution in [2.75, 3.05) is 17.2 Å². The van der Waals surface area contributed by atoms with E-state index in [1.807, 2.05) is 6.92 Å². The monoisotopic (exact) mass is 306 g/mol. The summed E-state index contributed by atoms with van der Waals surface area (Å²) in [5.74, 6) is -0.369. The highest BCUT2D eigenvalue weighted by Crippen LogP contribution is 2.19. The maximum Gasteiger partial charge on any atom is 0.226 e. The number of amides is 1. The van der Waals surface area contributed by atoms with Gasteiger partial charge in [-0.1, -0.05) is 11.6 Å². The smallest absolute Gasteiger partial charge is 0.226 e. The topological polar surface area (TPSA) is 41.1 Å². The van der Waals surface area contributed by atoms with Crippen molar-refractivity contribution in [1.82, 2.24) is 0 Å². The van der Waals surface area contributed by atoms with E-state index in [9.17, 15) is 9.18 Å². The second-order valence-electron chi connectivity index (χ2n) is 4.69. The fourth-order valence-electron chi connectivity index (χ4n) is 1.87. The summed E-state index contributed by atoms with van der Waals surface area (Å²) < 4.78 is 12.7. The third-order valence-corrected chi connectivity index (χ3v) is 3.22. The van der Waals surface area contributed by atoms with Gasteiger partial charge in [0.2, 0.25) is 5.91 Å². The molecule has 0 aliphatic carbocycles. The van der Waals surface area contributed by atoms with E-state index in [1.54, 1.807) is 30.3 Å².